The minimum Gasteiger partial charge on any atom is -0.493 e. The van der Waals surface area contributed by atoms with Crippen LogP contribution in [0.1, 0.15) is 32.1 Å². The molecule has 1 aliphatic carbocycles. The van der Waals surface area contributed by atoms with Crippen molar-refractivity contribution in [1.82, 2.24) is 9.78 Å². The molecule has 1 aromatic carbocycles. The third-order valence-corrected chi connectivity index (χ3v) is 4.33. The smallest absolute Gasteiger partial charge is 0.325 e. The fourth-order valence-electron chi connectivity index (χ4n) is 3.12. The van der Waals surface area contributed by atoms with Crippen LogP contribution in [0, 0.1) is 5.92 Å². The summed E-state index contributed by atoms with van der Waals surface area (Å²) in [5.41, 5.74) is 1.84. The molecule has 23 heavy (non-hydrogen) atoms. The lowest BCUT2D eigenvalue weighted by molar-refractivity contribution is -0.137. The normalized spacial score (nSPS) is 15.5. The molecule has 1 heterocycles. The Balaban J connectivity index is 1.72. The Morgan fingerprint density at radius 2 is 2.04 bits per heavy atom. The van der Waals surface area contributed by atoms with Crippen LogP contribution in [0.5, 0.6) is 5.75 Å². The topological polar surface area (TPSA) is 64.3 Å². The standard InChI is InChI=1S/C18H22N2O3/c21-18(22)12-20-11-15(10-19-20)16-8-4-5-9-17(16)23-13-14-6-2-1-3-7-14/h4-5,8-11,14H,1-3,6-7,12-13H2,(H,21,22). The lowest BCUT2D eigenvalue weighted by Crippen LogP contribution is -2.15. The second-order valence-electron chi connectivity index (χ2n) is 6.13. The van der Waals surface area contributed by atoms with Crippen LogP contribution in [0.2, 0.25) is 0 Å². The molecule has 0 radical (unpaired) electrons. The molecular formula is C18H22N2O3. The zero-order valence-electron chi connectivity index (χ0n) is 13.1. The number of aliphatic carboxylic acids is 1. The Hall–Kier alpha value is -2.30. The molecule has 5 nitrogen and oxygen atoms in total. The van der Waals surface area contributed by atoms with Crippen molar-refractivity contribution >= 4 is 5.97 Å². The van der Waals surface area contributed by atoms with Crippen molar-refractivity contribution in [2.24, 2.45) is 5.92 Å². The van der Waals surface area contributed by atoms with Crippen molar-refractivity contribution in [2.75, 3.05) is 6.61 Å². The third kappa shape index (κ3) is 4.12. The highest BCUT2D eigenvalue weighted by Crippen LogP contribution is 2.31. The Bertz CT molecular complexity index is 660. The Kier molecular flexibility index (Phi) is 4.95. The molecule has 0 amide bonds. The zero-order chi connectivity index (χ0) is 16.1. The number of benzene rings is 1. The average Bonchev–Trinajstić information content (AvgIpc) is 3.02. The lowest BCUT2D eigenvalue weighted by Gasteiger charge is -2.22. The molecule has 1 N–H and O–H groups in total. The van der Waals surface area contributed by atoms with E-state index in [1.807, 2.05) is 24.3 Å². The number of aromatic nitrogens is 2. The molecule has 1 fully saturated rings. The second kappa shape index (κ2) is 7.31. The maximum Gasteiger partial charge on any atom is 0.325 e. The van der Waals surface area contributed by atoms with Gasteiger partial charge in [0.25, 0.3) is 0 Å². The first kappa shape index (κ1) is 15.6. The number of rotatable bonds is 6. The summed E-state index contributed by atoms with van der Waals surface area (Å²) < 4.78 is 7.49. The second-order valence-corrected chi connectivity index (χ2v) is 6.13. The fourth-order valence-corrected chi connectivity index (χ4v) is 3.12. The quantitative estimate of drug-likeness (QED) is 0.885. The molecule has 5 heteroatoms. The zero-order valence-corrected chi connectivity index (χ0v) is 13.1. The van der Waals surface area contributed by atoms with Gasteiger partial charge in [0.2, 0.25) is 0 Å². The molecule has 0 aliphatic heterocycles. The van der Waals surface area contributed by atoms with E-state index < -0.39 is 5.97 Å². The van der Waals surface area contributed by atoms with Gasteiger partial charge in [0, 0.05) is 17.3 Å². The van der Waals surface area contributed by atoms with Gasteiger partial charge < -0.3 is 9.84 Å². The summed E-state index contributed by atoms with van der Waals surface area (Å²) in [6.07, 6.45) is 9.88. The maximum atomic E-state index is 10.8. The summed E-state index contributed by atoms with van der Waals surface area (Å²) in [5.74, 6) is 0.584. The first-order valence-corrected chi connectivity index (χ1v) is 8.19. The number of hydrogen-bond acceptors (Lipinski definition) is 3. The Labute approximate surface area is 135 Å². The minimum atomic E-state index is -0.901. The van der Waals surface area contributed by atoms with Crippen molar-refractivity contribution < 1.29 is 14.6 Å². The Morgan fingerprint density at radius 3 is 2.83 bits per heavy atom. The van der Waals surface area contributed by atoms with Gasteiger partial charge >= 0.3 is 5.97 Å². The van der Waals surface area contributed by atoms with Gasteiger partial charge in [-0.3, -0.25) is 9.48 Å². The molecule has 0 bridgehead atoms. The van der Waals surface area contributed by atoms with Crippen molar-refractivity contribution in [1.29, 1.82) is 0 Å². The van der Waals surface area contributed by atoms with Gasteiger partial charge in [-0.1, -0.05) is 37.5 Å². The summed E-state index contributed by atoms with van der Waals surface area (Å²) in [6.45, 7) is 0.616. The molecule has 2 aromatic rings. The first-order chi connectivity index (χ1) is 11.2. The summed E-state index contributed by atoms with van der Waals surface area (Å²) >= 11 is 0. The highest BCUT2D eigenvalue weighted by Gasteiger charge is 2.15. The van der Waals surface area contributed by atoms with Gasteiger partial charge in [-0.05, 0) is 24.8 Å². The predicted octanol–water partition coefficient (Wildman–Crippen LogP) is 3.59. The highest BCUT2D eigenvalue weighted by atomic mass is 16.5. The average molecular weight is 314 g/mol. The number of para-hydroxylation sites is 1. The van der Waals surface area contributed by atoms with Crippen molar-refractivity contribution in [2.45, 2.75) is 38.6 Å². The van der Waals surface area contributed by atoms with Crippen LogP contribution in [-0.4, -0.2) is 27.5 Å². The van der Waals surface area contributed by atoms with Gasteiger partial charge in [0.05, 0.1) is 12.8 Å². The summed E-state index contributed by atoms with van der Waals surface area (Å²) in [7, 11) is 0. The van der Waals surface area contributed by atoms with Crippen LogP contribution < -0.4 is 4.74 Å². The van der Waals surface area contributed by atoms with E-state index in [0.29, 0.717) is 5.92 Å². The van der Waals surface area contributed by atoms with Crippen LogP contribution in [0.3, 0.4) is 0 Å². The van der Waals surface area contributed by atoms with Crippen LogP contribution >= 0.6 is 0 Å². The fraction of sp³-hybridized carbons (Fsp3) is 0.444. The van der Waals surface area contributed by atoms with E-state index in [1.165, 1.54) is 36.8 Å². The largest absolute Gasteiger partial charge is 0.493 e. The van der Waals surface area contributed by atoms with Gasteiger partial charge in [-0.25, -0.2) is 0 Å². The van der Waals surface area contributed by atoms with E-state index in [-0.39, 0.29) is 6.54 Å². The van der Waals surface area contributed by atoms with E-state index in [0.717, 1.165) is 23.5 Å². The SMILES string of the molecule is O=C(O)Cn1cc(-c2ccccc2OCC2CCCCC2)cn1. The van der Waals surface area contributed by atoms with E-state index >= 15 is 0 Å². The summed E-state index contributed by atoms with van der Waals surface area (Å²) in [4.78, 5) is 10.8. The summed E-state index contributed by atoms with van der Waals surface area (Å²) in [5, 5.41) is 12.9. The Morgan fingerprint density at radius 1 is 1.26 bits per heavy atom. The number of carbonyl (C=O) groups is 1. The van der Waals surface area contributed by atoms with Crippen molar-refractivity contribution in [3.05, 3.63) is 36.7 Å². The molecule has 3 rings (SSSR count). The van der Waals surface area contributed by atoms with Gasteiger partial charge in [-0.2, -0.15) is 5.10 Å². The number of carboxylic acids is 1. The molecule has 0 atom stereocenters. The molecule has 1 saturated carbocycles. The third-order valence-electron chi connectivity index (χ3n) is 4.33. The summed E-state index contributed by atoms with van der Waals surface area (Å²) in [6, 6.07) is 7.86. The molecule has 122 valence electrons. The molecule has 0 unspecified atom stereocenters. The van der Waals surface area contributed by atoms with Gasteiger partial charge in [0.1, 0.15) is 12.3 Å². The molecule has 1 aromatic heterocycles. The van der Waals surface area contributed by atoms with Crippen molar-refractivity contribution in [3.63, 3.8) is 0 Å². The maximum absolute atomic E-state index is 10.8. The lowest BCUT2D eigenvalue weighted by atomic mass is 9.90. The van der Waals surface area contributed by atoms with Crippen LogP contribution in [0.15, 0.2) is 36.7 Å². The van der Waals surface area contributed by atoms with Crippen molar-refractivity contribution in [3.8, 4) is 16.9 Å². The van der Waals surface area contributed by atoms with E-state index in [1.54, 1.807) is 12.4 Å². The number of hydrogen-bond donors (Lipinski definition) is 1. The molecule has 0 spiro atoms. The predicted molar refractivity (Wildman–Crippen MR) is 87.4 cm³/mol. The monoisotopic (exact) mass is 314 g/mol. The van der Waals surface area contributed by atoms with E-state index in [4.69, 9.17) is 9.84 Å². The van der Waals surface area contributed by atoms with E-state index in [2.05, 4.69) is 5.10 Å². The highest BCUT2D eigenvalue weighted by molar-refractivity contribution is 5.70. The van der Waals surface area contributed by atoms with Gasteiger partial charge in [-0.15, -0.1) is 0 Å². The van der Waals surface area contributed by atoms with E-state index in [9.17, 15) is 4.79 Å². The number of carboxylic acid groups (broad SMARTS) is 1. The number of nitrogens with zero attached hydrogens (tertiary/aromatic N) is 2. The van der Waals surface area contributed by atoms with Crippen LogP contribution in [0.25, 0.3) is 11.1 Å². The molecule has 1 aliphatic rings. The van der Waals surface area contributed by atoms with Gasteiger partial charge in [0.15, 0.2) is 0 Å². The minimum absolute atomic E-state index is 0.134. The first-order valence-electron chi connectivity index (χ1n) is 8.19. The molecular weight excluding hydrogens is 292 g/mol. The molecule has 0 saturated heterocycles. The van der Waals surface area contributed by atoms with Crippen LogP contribution in [-0.2, 0) is 11.3 Å². The number of ether oxygens (including phenoxy) is 1. The van der Waals surface area contributed by atoms with Crippen LogP contribution in [0.4, 0.5) is 0 Å².